The highest BCUT2D eigenvalue weighted by molar-refractivity contribution is 7.99. The Morgan fingerprint density at radius 1 is 1.09 bits per heavy atom. The summed E-state index contributed by atoms with van der Waals surface area (Å²) in [5.41, 5.74) is 5.74. The van der Waals surface area contributed by atoms with Crippen LogP contribution in [0.5, 0.6) is 0 Å². The van der Waals surface area contributed by atoms with Crippen LogP contribution in [0, 0.1) is 11.3 Å². The van der Waals surface area contributed by atoms with Gasteiger partial charge in [0.2, 0.25) is 0 Å². The first-order valence-corrected chi connectivity index (χ1v) is 11.4. The highest BCUT2D eigenvalue weighted by Crippen LogP contribution is 2.29. The summed E-state index contributed by atoms with van der Waals surface area (Å²) >= 11 is 1.69. The number of carbonyl (C=O) groups is 1. The Kier molecular flexibility index (Phi) is 6.58. The molecule has 1 heterocycles. The van der Waals surface area contributed by atoms with Crippen LogP contribution in [0.3, 0.4) is 0 Å². The normalized spacial score (nSPS) is 10.8. The van der Waals surface area contributed by atoms with Gasteiger partial charge in [0, 0.05) is 5.75 Å². The Bertz CT molecular complexity index is 1300. The molecule has 0 aliphatic rings. The van der Waals surface area contributed by atoms with E-state index < -0.39 is 0 Å². The third-order valence-corrected chi connectivity index (χ3v) is 6.41. The predicted molar refractivity (Wildman–Crippen MR) is 128 cm³/mol. The van der Waals surface area contributed by atoms with E-state index >= 15 is 0 Å². The molecule has 0 saturated heterocycles. The summed E-state index contributed by atoms with van der Waals surface area (Å²) < 4.78 is 7.11. The molecule has 4 aromatic rings. The molecule has 0 N–H and O–H groups in total. The highest BCUT2D eigenvalue weighted by Gasteiger charge is 2.19. The van der Waals surface area contributed by atoms with Crippen molar-refractivity contribution in [3.63, 3.8) is 0 Å². The topological polar surface area (TPSA) is 67.9 Å². The fraction of sp³-hybridized carbons (Fsp3) is 0.192. The van der Waals surface area contributed by atoms with E-state index in [9.17, 15) is 10.1 Å². The van der Waals surface area contributed by atoms with Gasteiger partial charge in [-0.3, -0.25) is 0 Å². The number of nitrogens with zero attached hydrogens (tertiary/aromatic N) is 3. The van der Waals surface area contributed by atoms with E-state index in [1.807, 2.05) is 48.5 Å². The lowest BCUT2D eigenvalue weighted by Crippen LogP contribution is -2.08. The number of thioether (sulfide) groups is 1. The van der Waals surface area contributed by atoms with Crippen molar-refractivity contribution >= 4 is 28.8 Å². The van der Waals surface area contributed by atoms with Gasteiger partial charge in [-0.05, 0) is 41.3 Å². The third kappa shape index (κ3) is 4.25. The largest absolute Gasteiger partial charge is 0.465 e. The van der Waals surface area contributed by atoms with Gasteiger partial charge in [0.05, 0.1) is 41.9 Å². The lowest BCUT2D eigenvalue weighted by molar-refractivity contribution is 0.0602. The molecule has 0 spiro atoms. The van der Waals surface area contributed by atoms with Gasteiger partial charge in [-0.15, -0.1) is 0 Å². The van der Waals surface area contributed by atoms with E-state index in [1.54, 1.807) is 17.8 Å². The van der Waals surface area contributed by atoms with Crippen molar-refractivity contribution in [1.82, 2.24) is 9.55 Å². The Morgan fingerprint density at radius 3 is 2.59 bits per heavy atom. The quantitative estimate of drug-likeness (QED) is 0.263. The Hall–Kier alpha value is -3.56. The van der Waals surface area contributed by atoms with Gasteiger partial charge in [-0.25, -0.2) is 9.78 Å². The van der Waals surface area contributed by atoms with Crippen LogP contribution in [0.15, 0.2) is 71.9 Å². The fourth-order valence-electron chi connectivity index (χ4n) is 3.69. The van der Waals surface area contributed by atoms with E-state index in [1.165, 1.54) is 7.11 Å². The smallest absolute Gasteiger partial charge is 0.340 e. The standard InChI is InChI=1S/C26H23N3O2S/c1-3-15-32-26-28-23-10-6-9-22(25(30)31-2)24(23)29(26)17-18-11-13-19(14-12-18)21-8-5-4-7-20(21)16-27/h4-14H,3,15,17H2,1-2H3. The van der Waals surface area contributed by atoms with Crippen LogP contribution in [0.4, 0.5) is 0 Å². The summed E-state index contributed by atoms with van der Waals surface area (Å²) in [4.78, 5) is 17.2. The minimum Gasteiger partial charge on any atom is -0.465 e. The second-order valence-corrected chi connectivity index (χ2v) is 8.41. The molecule has 5 nitrogen and oxygen atoms in total. The number of imidazole rings is 1. The lowest BCUT2D eigenvalue weighted by atomic mass is 9.99. The molecular weight excluding hydrogens is 418 g/mol. The molecule has 0 fully saturated rings. The fourth-order valence-corrected chi connectivity index (χ4v) is 4.56. The molecule has 0 radical (unpaired) electrons. The van der Waals surface area contributed by atoms with Gasteiger partial charge in [0.1, 0.15) is 0 Å². The summed E-state index contributed by atoms with van der Waals surface area (Å²) in [6, 6.07) is 23.6. The zero-order chi connectivity index (χ0) is 22.5. The zero-order valence-corrected chi connectivity index (χ0v) is 18.9. The summed E-state index contributed by atoms with van der Waals surface area (Å²) in [6.45, 7) is 2.72. The SMILES string of the molecule is CCCSc1nc2cccc(C(=O)OC)c2n1Cc1ccc(-c2ccccc2C#N)cc1. The van der Waals surface area contributed by atoms with Crippen LogP contribution in [-0.4, -0.2) is 28.4 Å². The number of methoxy groups -OCH3 is 1. The van der Waals surface area contributed by atoms with Crippen LogP contribution in [0.2, 0.25) is 0 Å². The number of hydrogen-bond acceptors (Lipinski definition) is 5. The highest BCUT2D eigenvalue weighted by atomic mass is 32.2. The number of nitriles is 1. The van der Waals surface area contributed by atoms with E-state index in [2.05, 4.69) is 29.7 Å². The Balaban J connectivity index is 1.74. The lowest BCUT2D eigenvalue weighted by Gasteiger charge is -2.12. The summed E-state index contributed by atoms with van der Waals surface area (Å²) in [5, 5.41) is 10.3. The first-order chi connectivity index (χ1) is 15.7. The van der Waals surface area contributed by atoms with Gasteiger partial charge in [0.25, 0.3) is 0 Å². The predicted octanol–water partition coefficient (Wildman–Crippen LogP) is 5.91. The molecule has 0 saturated carbocycles. The molecule has 32 heavy (non-hydrogen) atoms. The number of rotatable bonds is 7. The monoisotopic (exact) mass is 441 g/mol. The molecule has 160 valence electrons. The first kappa shape index (κ1) is 21.7. The van der Waals surface area contributed by atoms with E-state index in [0.29, 0.717) is 17.7 Å². The molecule has 3 aromatic carbocycles. The molecule has 1 aromatic heterocycles. The van der Waals surface area contributed by atoms with Gasteiger partial charge in [-0.1, -0.05) is 67.2 Å². The molecule has 0 atom stereocenters. The average molecular weight is 442 g/mol. The average Bonchev–Trinajstić information content (AvgIpc) is 3.19. The van der Waals surface area contributed by atoms with Crippen molar-refractivity contribution in [3.8, 4) is 17.2 Å². The van der Waals surface area contributed by atoms with Crippen LogP contribution in [0.25, 0.3) is 22.2 Å². The van der Waals surface area contributed by atoms with Gasteiger partial charge < -0.3 is 9.30 Å². The number of fused-ring (bicyclic) bond motifs is 1. The number of ether oxygens (including phenoxy) is 1. The molecule has 0 bridgehead atoms. The van der Waals surface area contributed by atoms with Crippen LogP contribution in [-0.2, 0) is 11.3 Å². The maximum atomic E-state index is 12.4. The number of para-hydroxylation sites is 1. The number of carbonyl (C=O) groups excluding carboxylic acids is 1. The summed E-state index contributed by atoms with van der Waals surface area (Å²) in [5.74, 6) is 0.577. The van der Waals surface area contributed by atoms with E-state index in [0.717, 1.165) is 45.1 Å². The van der Waals surface area contributed by atoms with Crippen LogP contribution >= 0.6 is 11.8 Å². The molecule has 4 rings (SSSR count). The Labute approximate surface area is 191 Å². The van der Waals surface area contributed by atoms with Crippen molar-refractivity contribution in [2.24, 2.45) is 0 Å². The van der Waals surface area contributed by atoms with Crippen LogP contribution in [0.1, 0.15) is 34.8 Å². The first-order valence-electron chi connectivity index (χ1n) is 10.4. The van der Waals surface area contributed by atoms with E-state index in [-0.39, 0.29) is 5.97 Å². The molecule has 0 amide bonds. The van der Waals surface area contributed by atoms with Gasteiger partial charge >= 0.3 is 5.97 Å². The maximum absolute atomic E-state index is 12.4. The summed E-state index contributed by atoms with van der Waals surface area (Å²) in [7, 11) is 1.40. The minimum absolute atomic E-state index is 0.368. The maximum Gasteiger partial charge on any atom is 0.340 e. The summed E-state index contributed by atoms with van der Waals surface area (Å²) in [6.07, 6.45) is 1.03. The van der Waals surface area contributed by atoms with Gasteiger partial charge in [-0.2, -0.15) is 5.26 Å². The molecule has 0 unspecified atom stereocenters. The number of esters is 1. The van der Waals surface area contributed by atoms with E-state index in [4.69, 9.17) is 9.72 Å². The molecule has 6 heteroatoms. The van der Waals surface area contributed by atoms with Crippen molar-refractivity contribution in [1.29, 1.82) is 5.26 Å². The molecule has 0 aliphatic carbocycles. The van der Waals surface area contributed by atoms with Crippen LogP contribution < -0.4 is 0 Å². The van der Waals surface area contributed by atoms with Crippen molar-refractivity contribution in [3.05, 3.63) is 83.4 Å². The number of hydrogen-bond donors (Lipinski definition) is 0. The third-order valence-electron chi connectivity index (χ3n) is 5.23. The van der Waals surface area contributed by atoms with Gasteiger partial charge in [0.15, 0.2) is 5.16 Å². The second-order valence-electron chi connectivity index (χ2n) is 7.35. The second kappa shape index (κ2) is 9.71. The molecular formula is C26H23N3O2S. The van der Waals surface area contributed by atoms with Crippen molar-refractivity contribution in [2.45, 2.75) is 25.0 Å². The number of aromatic nitrogens is 2. The Morgan fingerprint density at radius 2 is 1.88 bits per heavy atom. The molecule has 0 aliphatic heterocycles. The van der Waals surface area contributed by atoms with Crippen molar-refractivity contribution in [2.75, 3.05) is 12.9 Å². The zero-order valence-electron chi connectivity index (χ0n) is 18.0. The van der Waals surface area contributed by atoms with Crippen molar-refractivity contribution < 1.29 is 9.53 Å². The number of benzene rings is 3. The minimum atomic E-state index is -0.368.